The van der Waals surface area contributed by atoms with Crippen LogP contribution in [-0.2, 0) is 6.54 Å². The van der Waals surface area contributed by atoms with E-state index in [1.807, 2.05) is 0 Å². The Morgan fingerprint density at radius 1 is 1.52 bits per heavy atom. The van der Waals surface area contributed by atoms with Gasteiger partial charge in [0.05, 0.1) is 0 Å². The quantitative estimate of drug-likeness (QED) is 0.878. The number of ether oxygens (including phenoxy) is 1. The van der Waals surface area contributed by atoms with E-state index >= 15 is 0 Å². The van der Waals surface area contributed by atoms with E-state index in [2.05, 4.69) is 34.2 Å². The molecule has 1 heterocycles. The summed E-state index contributed by atoms with van der Waals surface area (Å²) in [7, 11) is 0. The highest BCUT2D eigenvalue weighted by Crippen LogP contribution is 2.39. The molecule has 0 atom stereocenters. The van der Waals surface area contributed by atoms with Gasteiger partial charge in [-0.25, -0.2) is 9.78 Å². The van der Waals surface area contributed by atoms with E-state index in [4.69, 9.17) is 0 Å². The molecule has 1 aromatic heterocycles. The minimum absolute atomic E-state index is 0.162. The summed E-state index contributed by atoms with van der Waals surface area (Å²) in [5.74, 6) is -0.162. The van der Waals surface area contributed by atoms with Crippen LogP contribution in [0.25, 0.3) is 0 Å². The predicted molar refractivity (Wildman–Crippen MR) is 73.0 cm³/mol. The second kappa shape index (κ2) is 6.24. The number of nitrogens with zero attached hydrogens (tertiary/aromatic N) is 1. The molecule has 0 spiro atoms. The minimum Gasteiger partial charge on any atom is -0.417 e. The SMILES string of the molecule is CC1(C)CC(NC(=O)NCc2ccnc(OC(F)F)c2)C1. The van der Waals surface area contributed by atoms with Crippen LogP contribution >= 0.6 is 0 Å². The van der Waals surface area contributed by atoms with Gasteiger partial charge in [-0.2, -0.15) is 8.78 Å². The Morgan fingerprint density at radius 2 is 2.24 bits per heavy atom. The van der Waals surface area contributed by atoms with E-state index in [0.717, 1.165) is 12.8 Å². The van der Waals surface area contributed by atoms with E-state index < -0.39 is 6.61 Å². The molecule has 1 aromatic rings. The maximum Gasteiger partial charge on any atom is 0.388 e. The second-order valence-electron chi connectivity index (χ2n) is 5.98. The number of pyridine rings is 1. The van der Waals surface area contributed by atoms with Gasteiger partial charge in [-0.1, -0.05) is 13.8 Å². The molecule has 1 aliphatic carbocycles. The molecule has 0 radical (unpaired) electrons. The van der Waals surface area contributed by atoms with Crippen LogP contribution < -0.4 is 15.4 Å². The van der Waals surface area contributed by atoms with Gasteiger partial charge in [-0.3, -0.25) is 0 Å². The fourth-order valence-corrected chi connectivity index (χ4v) is 2.51. The lowest BCUT2D eigenvalue weighted by Crippen LogP contribution is -2.51. The van der Waals surface area contributed by atoms with Crippen LogP contribution in [0.1, 0.15) is 32.3 Å². The monoisotopic (exact) mass is 299 g/mol. The van der Waals surface area contributed by atoms with Gasteiger partial charge in [0.1, 0.15) is 0 Å². The van der Waals surface area contributed by atoms with Crippen molar-refractivity contribution in [2.75, 3.05) is 0 Å². The Kier molecular flexibility index (Phi) is 4.59. The van der Waals surface area contributed by atoms with Gasteiger partial charge in [-0.05, 0) is 29.9 Å². The summed E-state index contributed by atoms with van der Waals surface area (Å²) in [6.07, 6.45) is 3.28. The lowest BCUT2D eigenvalue weighted by atomic mass is 9.68. The summed E-state index contributed by atoms with van der Waals surface area (Å²) >= 11 is 0. The molecule has 21 heavy (non-hydrogen) atoms. The van der Waals surface area contributed by atoms with Crippen molar-refractivity contribution in [1.29, 1.82) is 0 Å². The van der Waals surface area contributed by atoms with Crippen LogP contribution in [0.15, 0.2) is 18.3 Å². The maximum atomic E-state index is 12.1. The number of alkyl halides is 2. The number of halogens is 2. The standard InChI is InChI=1S/C14H19F2N3O2/c1-14(2)6-10(7-14)19-13(20)18-8-9-3-4-17-11(5-9)21-12(15)16/h3-5,10,12H,6-8H2,1-2H3,(H2,18,19,20). The van der Waals surface area contributed by atoms with Crippen molar-refractivity contribution in [2.24, 2.45) is 5.41 Å². The molecular formula is C14H19F2N3O2. The number of aromatic nitrogens is 1. The van der Waals surface area contributed by atoms with Crippen LogP contribution in [0.3, 0.4) is 0 Å². The molecule has 2 rings (SSSR count). The summed E-state index contributed by atoms with van der Waals surface area (Å²) in [5, 5.41) is 5.56. The molecule has 1 saturated carbocycles. The first-order chi connectivity index (χ1) is 9.84. The van der Waals surface area contributed by atoms with Crippen molar-refractivity contribution in [3.8, 4) is 5.88 Å². The van der Waals surface area contributed by atoms with Gasteiger partial charge < -0.3 is 15.4 Å². The summed E-state index contributed by atoms with van der Waals surface area (Å²) < 4.78 is 28.4. The minimum atomic E-state index is -2.91. The summed E-state index contributed by atoms with van der Waals surface area (Å²) in [5.41, 5.74) is 0.939. The topological polar surface area (TPSA) is 63.2 Å². The van der Waals surface area contributed by atoms with Gasteiger partial charge in [0.15, 0.2) is 0 Å². The third kappa shape index (κ3) is 4.84. The zero-order chi connectivity index (χ0) is 15.5. The van der Waals surface area contributed by atoms with E-state index in [1.54, 1.807) is 6.07 Å². The van der Waals surface area contributed by atoms with Crippen molar-refractivity contribution in [3.63, 3.8) is 0 Å². The van der Waals surface area contributed by atoms with E-state index in [0.29, 0.717) is 11.0 Å². The Hall–Kier alpha value is -1.92. The highest BCUT2D eigenvalue weighted by atomic mass is 19.3. The zero-order valence-corrected chi connectivity index (χ0v) is 12.0. The van der Waals surface area contributed by atoms with E-state index in [-0.39, 0.29) is 24.5 Å². The third-order valence-electron chi connectivity index (χ3n) is 3.40. The average Bonchev–Trinajstić information content (AvgIpc) is 2.34. The number of urea groups is 1. The molecule has 0 unspecified atom stereocenters. The molecule has 1 aliphatic rings. The number of amides is 2. The Labute approximate surface area is 122 Å². The number of hydrogen-bond donors (Lipinski definition) is 2. The first kappa shape index (κ1) is 15.5. The molecule has 0 aromatic carbocycles. The number of nitrogens with one attached hydrogen (secondary N) is 2. The average molecular weight is 299 g/mol. The molecule has 1 fully saturated rings. The fourth-order valence-electron chi connectivity index (χ4n) is 2.51. The van der Waals surface area contributed by atoms with Gasteiger partial charge in [0, 0.05) is 24.8 Å². The van der Waals surface area contributed by atoms with E-state index in [9.17, 15) is 13.6 Å². The summed E-state index contributed by atoms with van der Waals surface area (Å²) in [4.78, 5) is 15.4. The van der Waals surface area contributed by atoms with Crippen molar-refractivity contribution in [2.45, 2.75) is 45.9 Å². The lowest BCUT2D eigenvalue weighted by molar-refractivity contribution is -0.0529. The van der Waals surface area contributed by atoms with Crippen LogP contribution in [-0.4, -0.2) is 23.7 Å². The molecular weight excluding hydrogens is 280 g/mol. The largest absolute Gasteiger partial charge is 0.417 e. The van der Waals surface area contributed by atoms with Crippen molar-refractivity contribution in [1.82, 2.24) is 15.6 Å². The van der Waals surface area contributed by atoms with Gasteiger partial charge in [0.2, 0.25) is 5.88 Å². The van der Waals surface area contributed by atoms with Crippen molar-refractivity contribution in [3.05, 3.63) is 23.9 Å². The number of hydrogen-bond acceptors (Lipinski definition) is 3. The summed E-state index contributed by atoms with van der Waals surface area (Å²) in [6, 6.07) is 2.95. The third-order valence-corrected chi connectivity index (χ3v) is 3.40. The molecule has 2 amide bonds. The first-order valence-corrected chi connectivity index (χ1v) is 6.78. The molecule has 2 N–H and O–H groups in total. The molecule has 7 heteroatoms. The summed E-state index contributed by atoms with van der Waals surface area (Å²) in [6.45, 7) is 1.63. The molecule has 0 aliphatic heterocycles. The first-order valence-electron chi connectivity index (χ1n) is 6.78. The van der Waals surface area contributed by atoms with Crippen LogP contribution in [0, 0.1) is 5.41 Å². The van der Waals surface area contributed by atoms with E-state index in [1.165, 1.54) is 12.3 Å². The number of carbonyl (C=O) groups is 1. The van der Waals surface area contributed by atoms with Crippen molar-refractivity contribution < 1.29 is 18.3 Å². The zero-order valence-electron chi connectivity index (χ0n) is 12.0. The van der Waals surface area contributed by atoms with Crippen molar-refractivity contribution >= 4 is 6.03 Å². The van der Waals surface area contributed by atoms with Crippen LogP contribution in [0.5, 0.6) is 5.88 Å². The molecule has 0 saturated heterocycles. The Balaban J connectivity index is 1.76. The number of rotatable bonds is 5. The Bertz CT molecular complexity index is 501. The predicted octanol–water partition coefficient (Wildman–Crippen LogP) is 2.67. The van der Waals surface area contributed by atoms with Crippen LogP contribution in [0.2, 0.25) is 0 Å². The normalized spacial score (nSPS) is 17.2. The maximum absolute atomic E-state index is 12.1. The molecule has 116 valence electrons. The highest BCUT2D eigenvalue weighted by Gasteiger charge is 2.36. The fraction of sp³-hybridized carbons (Fsp3) is 0.571. The smallest absolute Gasteiger partial charge is 0.388 e. The van der Waals surface area contributed by atoms with Gasteiger partial charge >= 0.3 is 12.6 Å². The molecule has 5 nitrogen and oxygen atoms in total. The molecule has 0 bridgehead atoms. The second-order valence-corrected chi connectivity index (χ2v) is 5.98. The van der Waals surface area contributed by atoms with Gasteiger partial charge in [-0.15, -0.1) is 0 Å². The Morgan fingerprint density at radius 3 is 2.86 bits per heavy atom. The highest BCUT2D eigenvalue weighted by molar-refractivity contribution is 5.74. The lowest BCUT2D eigenvalue weighted by Gasteiger charge is -2.42. The number of carbonyl (C=O) groups excluding carboxylic acids is 1. The van der Waals surface area contributed by atoms with Gasteiger partial charge in [0.25, 0.3) is 0 Å². The van der Waals surface area contributed by atoms with Crippen LogP contribution in [0.4, 0.5) is 13.6 Å².